The van der Waals surface area contributed by atoms with E-state index in [0.717, 1.165) is 13.1 Å². The molecular formula is C12H19ClN4O. The first-order valence-corrected chi connectivity index (χ1v) is 6.74. The molecule has 2 rings (SSSR count). The lowest BCUT2D eigenvalue weighted by Gasteiger charge is -2.26. The number of halogens is 1. The molecule has 0 spiro atoms. The second-order valence-electron chi connectivity index (χ2n) is 4.63. The fourth-order valence-electron chi connectivity index (χ4n) is 2.17. The third-order valence-corrected chi connectivity index (χ3v) is 3.64. The van der Waals surface area contributed by atoms with E-state index >= 15 is 0 Å². The van der Waals surface area contributed by atoms with Crippen molar-refractivity contribution in [2.45, 2.75) is 19.3 Å². The molecule has 1 aliphatic heterocycles. The minimum Gasteiger partial charge on any atom is -0.381 e. The summed E-state index contributed by atoms with van der Waals surface area (Å²) in [6.45, 7) is 4.11. The van der Waals surface area contributed by atoms with Gasteiger partial charge in [0.1, 0.15) is 5.02 Å². The highest BCUT2D eigenvalue weighted by Crippen LogP contribution is 2.14. The van der Waals surface area contributed by atoms with Crippen molar-refractivity contribution in [2.24, 2.45) is 7.05 Å². The van der Waals surface area contributed by atoms with Gasteiger partial charge in [-0.3, -0.25) is 4.79 Å². The molecule has 0 atom stereocenters. The van der Waals surface area contributed by atoms with Gasteiger partial charge in [0.25, 0.3) is 5.56 Å². The van der Waals surface area contributed by atoms with Gasteiger partial charge >= 0.3 is 0 Å². The summed E-state index contributed by atoms with van der Waals surface area (Å²) >= 11 is 5.97. The van der Waals surface area contributed by atoms with Crippen LogP contribution in [0, 0.1) is 0 Å². The third kappa shape index (κ3) is 3.23. The number of hydrogen-bond donors (Lipinski definition) is 1. The topological polar surface area (TPSA) is 50.2 Å². The van der Waals surface area contributed by atoms with E-state index in [1.807, 2.05) is 0 Å². The van der Waals surface area contributed by atoms with E-state index in [-0.39, 0.29) is 10.6 Å². The van der Waals surface area contributed by atoms with Gasteiger partial charge in [-0.25, -0.2) is 4.68 Å². The van der Waals surface area contributed by atoms with Gasteiger partial charge in [0, 0.05) is 20.1 Å². The average molecular weight is 271 g/mol. The summed E-state index contributed by atoms with van der Waals surface area (Å²) in [5.41, 5.74) is 0.358. The predicted molar refractivity (Wildman–Crippen MR) is 73.3 cm³/mol. The summed E-state index contributed by atoms with van der Waals surface area (Å²) in [6, 6.07) is 0. The van der Waals surface area contributed by atoms with Crippen molar-refractivity contribution in [2.75, 3.05) is 31.5 Å². The summed E-state index contributed by atoms with van der Waals surface area (Å²) in [5.74, 6) is 0. The highest BCUT2D eigenvalue weighted by molar-refractivity contribution is 6.32. The Labute approximate surface area is 112 Å². The standard InChI is InChI=1S/C12H19ClN4O/c1-16-12(18)11(13)10(9-15-16)14-5-8-17-6-3-2-4-7-17/h9,14H,2-8H2,1H3. The Kier molecular flexibility index (Phi) is 4.60. The number of aromatic nitrogens is 2. The van der Waals surface area contributed by atoms with Crippen LogP contribution < -0.4 is 10.9 Å². The van der Waals surface area contributed by atoms with Crippen LogP contribution in [-0.2, 0) is 7.05 Å². The number of likely N-dealkylation sites (tertiary alicyclic amines) is 1. The number of hydrogen-bond acceptors (Lipinski definition) is 4. The number of nitrogens with zero attached hydrogens (tertiary/aromatic N) is 3. The van der Waals surface area contributed by atoms with Crippen LogP contribution in [0.5, 0.6) is 0 Å². The fourth-order valence-corrected chi connectivity index (χ4v) is 2.40. The van der Waals surface area contributed by atoms with Gasteiger partial charge in [-0.1, -0.05) is 18.0 Å². The summed E-state index contributed by atoms with van der Waals surface area (Å²) in [7, 11) is 1.59. The van der Waals surface area contributed by atoms with Crippen LogP contribution in [0.4, 0.5) is 5.69 Å². The van der Waals surface area contributed by atoms with Crippen LogP contribution in [0.3, 0.4) is 0 Å². The average Bonchev–Trinajstić information content (AvgIpc) is 2.40. The summed E-state index contributed by atoms with van der Waals surface area (Å²) in [4.78, 5) is 14.0. The van der Waals surface area contributed by atoms with Crippen molar-refractivity contribution in [3.05, 3.63) is 21.6 Å². The number of piperidine rings is 1. The van der Waals surface area contributed by atoms with Gasteiger partial charge in [0.2, 0.25) is 0 Å². The zero-order chi connectivity index (χ0) is 13.0. The van der Waals surface area contributed by atoms with Crippen molar-refractivity contribution < 1.29 is 0 Å². The SMILES string of the molecule is Cn1ncc(NCCN2CCCCC2)c(Cl)c1=O. The summed E-state index contributed by atoms with van der Waals surface area (Å²) < 4.78 is 1.23. The van der Waals surface area contributed by atoms with Crippen LogP contribution in [-0.4, -0.2) is 40.9 Å². The summed E-state index contributed by atoms with van der Waals surface area (Å²) in [5, 5.41) is 7.34. The maximum atomic E-state index is 11.6. The van der Waals surface area contributed by atoms with Crippen molar-refractivity contribution in [1.82, 2.24) is 14.7 Å². The Bertz CT molecular complexity index is 454. The normalized spacial score (nSPS) is 16.8. The molecule has 5 nitrogen and oxygen atoms in total. The quantitative estimate of drug-likeness (QED) is 0.897. The molecule has 0 radical (unpaired) electrons. The fraction of sp³-hybridized carbons (Fsp3) is 0.667. The van der Waals surface area contributed by atoms with Crippen molar-refractivity contribution >= 4 is 17.3 Å². The molecule has 2 heterocycles. The van der Waals surface area contributed by atoms with Crippen LogP contribution in [0.2, 0.25) is 5.02 Å². The molecule has 0 saturated carbocycles. The van der Waals surface area contributed by atoms with E-state index in [1.54, 1.807) is 13.2 Å². The lowest BCUT2D eigenvalue weighted by molar-refractivity contribution is 0.237. The number of rotatable bonds is 4. The van der Waals surface area contributed by atoms with Gasteiger partial charge < -0.3 is 10.2 Å². The van der Waals surface area contributed by atoms with E-state index in [0.29, 0.717) is 5.69 Å². The van der Waals surface area contributed by atoms with Gasteiger partial charge in [0.15, 0.2) is 0 Å². The molecule has 1 aromatic rings. The molecule has 1 fully saturated rings. The molecular weight excluding hydrogens is 252 g/mol. The van der Waals surface area contributed by atoms with Crippen LogP contribution in [0.15, 0.2) is 11.0 Å². The maximum Gasteiger partial charge on any atom is 0.287 e. The minimum absolute atomic E-state index is 0.214. The first-order valence-electron chi connectivity index (χ1n) is 6.36. The second-order valence-corrected chi connectivity index (χ2v) is 5.01. The number of aryl methyl sites for hydroxylation is 1. The monoisotopic (exact) mass is 270 g/mol. The van der Waals surface area contributed by atoms with E-state index < -0.39 is 0 Å². The van der Waals surface area contributed by atoms with Crippen molar-refractivity contribution in [3.63, 3.8) is 0 Å². The highest BCUT2D eigenvalue weighted by atomic mass is 35.5. The molecule has 1 N–H and O–H groups in total. The molecule has 1 aromatic heterocycles. The van der Waals surface area contributed by atoms with Crippen molar-refractivity contribution in [1.29, 1.82) is 0 Å². The molecule has 18 heavy (non-hydrogen) atoms. The molecule has 0 amide bonds. The molecule has 0 aromatic carbocycles. The molecule has 0 unspecified atom stereocenters. The minimum atomic E-state index is -0.264. The number of nitrogens with one attached hydrogen (secondary N) is 1. The first-order chi connectivity index (χ1) is 8.68. The Hall–Kier alpha value is -1.07. The highest BCUT2D eigenvalue weighted by Gasteiger charge is 2.10. The van der Waals surface area contributed by atoms with Crippen molar-refractivity contribution in [3.8, 4) is 0 Å². The van der Waals surface area contributed by atoms with Crippen LogP contribution in [0.25, 0.3) is 0 Å². The van der Waals surface area contributed by atoms with Gasteiger partial charge in [-0.15, -0.1) is 0 Å². The molecule has 100 valence electrons. The largest absolute Gasteiger partial charge is 0.381 e. The van der Waals surface area contributed by atoms with Crippen LogP contribution >= 0.6 is 11.6 Å². The lowest BCUT2D eigenvalue weighted by Crippen LogP contribution is -2.34. The van der Waals surface area contributed by atoms with E-state index in [1.165, 1.54) is 37.0 Å². The van der Waals surface area contributed by atoms with E-state index in [4.69, 9.17) is 11.6 Å². The van der Waals surface area contributed by atoms with E-state index in [9.17, 15) is 4.79 Å². The van der Waals surface area contributed by atoms with Crippen LogP contribution in [0.1, 0.15) is 19.3 Å². The zero-order valence-electron chi connectivity index (χ0n) is 10.7. The Morgan fingerprint density at radius 3 is 2.83 bits per heavy atom. The van der Waals surface area contributed by atoms with E-state index in [2.05, 4.69) is 15.3 Å². The van der Waals surface area contributed by atoms with Gasteiger partial charge in [0.05, 0.1) is 11.9 Å². The molecule has 1 aliphatic rings. The van der Waals surface area contributed by atoms with Gasteiger partial charge in [-0.05, 0) is 25.9 Å². The lowest BCUT2D eigenvalue weighted by atomic mass is 10.1. The summed E-state index contributed by atoms with van der Waals surface area (Å²) in [6.07, 6.45) is 5.51. The molecule has 6 heteroatoms. The third-order valence-electron chi connectivity index (χ3n) is 3.27. The van der Waals surface area contributed by atoms with Gasteiger partial charge in [-0.2, -0.15) is 5.10 Å². The second kappa shape index (κ2) is 6.20. The molecule has 0 aliphatic carbocycles. The predicted octanol–water partition coefficient (Wildman–Crippen LogP) is 1.33. The Balaban J connectivity index is 1.86. The first kappa shape index (κ1) is 13.4. The number of anilines is 1. The Morgan fingerprint density at radius 1 is 1.39 bits per heavy atom. The molecule has 1 saturated heterocycles. The molecule has 0 bridgehead atoms. The Morgan fingerprint density at radius 2 is 2.11 bits per heavy atom. The smallest absolute Gasteiger partial charge is 0.287 e. The maximum absolute atomic E-state index is 11.6. The zero-order valence-corrected chi connectivity index (χ0v) is 11.4.